The average molecular weight is 294 g/mol. The molecule has 1 fully saturated rings. The molecule has 120 valence electrons. The Labute approximate surface area is 128 Å². The molecule has 5 nitrogen and oxygen atoms in total. The van der Waals surface area contributed by atoms with Gasteiger partial charge in [0.1, 0.15) is 0 Å². The second-order valence-corrected chi connectivity index (χ2v) is 6.50. The minimum absolute atomic E-state index is 0.433. The summed E-state index contributed by atoms with van der Waals surface area (Å²) in [5.41, 5.74) is 1.17. The summed E-state index contributed by atoms with van der Waals surface area (Å²) in [6, 6.07) is 3.71. The minimum atomic E-state index is 0.433. The number of piperazine rings is 1. The van der Waals surface area contributed by atoms with Gasteiger partial charge in [-0.1, -0.05) is 0 Å². The maximum absolute atomic E-state index is 5.22. The number of methoxy groups -OCH3 is 1. The fourth-order valence-corrected chi connectivity index (χ4v) is 3.21. The van der Waals surface area contributed by atoms with Crippen LogP contribution in [0.4, 0.5) is 0 Å². The molecule has 1 saturated heterocycles. The Hall–Kier alpha value is -0.910. The van der Waals surface area contributed by atoms with Gasteiger partial charge in [0, 0.05) is 57.6 Å². The van der Waals surface area contributed by atoms with Crippen molar-refractivity contribution in [3.63, 3.8) is 0 Å². The SMILES string of the molecule is COCCN1[C@H](C)CN(Cc2ccn(C(C)C)n2)C[C@H]1C. The van der Waals surface area contributed by atoms with Gasteiger partial charge in [0.2, 0.25) is 0 Å². The van der Waals surface area contributed by atoms with Crippen molar-refractivity contribution in [1.82, 2.24) is 19.6 Å². The Balaban J connectivity index is 1.91. The van der Waals surface area contributed by atoms with Gasteiger partial charge in [0.15, 0.2) is 0 Å². The van der Waals surface area contributed by atoms with E-state index in [0.29, 0.717) is 18.1 Å². The summed E-state index contributed by atoms with van der Waals surface area (Å²) >= 11 is 0. The Bertz CT molecular complexity index is 420. The van der Waals surface area contributed by atoms with E-state index in [2.05, 4.69) is 54.9 Å². The molecule has 0 saturated carbocycles. The zero-order chi connectivity index (χ0) is 15.4. The molecule has 2 atom stereocenters. The number of hydrogen-bond donors (Lipinski definition) is 0. The first-order valence-electron chi connectivity index (χ1n) is 8.02. The Morgan fingerprint density at radius 3 is 2.48 bits per heavy atom. The van der Waals surface area contributed by atoms with E-state index in [9.17, 15) is 0 Å². The zero-order valence-corrected chi connectivity index (χ0v) is 14.1. The third-order valence-electron chi connectivity index (χ3n) is 4.31. The number of rotatable bonds is 6. The van der Waals surface area contributed by atoms with Crippen LogP contribution in [0, 0.1) is 0 Å². The van der Waals surface area contributed by atoms with Gasteiger partial charge >= 0.3 is 0 Å². The minimum Gasteiger partial charge on any atom is -0.383 e. The third-order valence-corrected chi connectivity index (χ3v) is 4.31. The molecule has 0 radical (unpaired) electrons. The maximum atomic E-state index is 5.22. The molecule has 2 heterocycles. The second-order valence-electron chi connectivity index (χ2n) is 6.50. The van der Waals surface area contributed by atoms with Gasteiger partial charge in [-0.05, 0) is 33.8 Å². The van der Waals surface area contributed by atoms with Crippen molar-refractivity contribution in [3.05, 3.63) is 18.0 Å². The smallest absolute Gasteiger partial charge is 0.0764 e. The van der Waals surface area contributed by atoms with Crippen LogP contribution in [-0.2, 0) is 11.3 Å². The van der Waals surface area contributed by atoms with Crippen LogP contribution in [0.5, 0.6) is 0 Å². The second kappa shape index (κ2) is 7.38. The van der Waals surface area contributed by atoms with Gasteiger partial charge in [-0.15, -0.1) is 0 Å². The lowest BCUT2D eigenvalue weighted by Gasteiger charge is -2.44. The molecule has 0 bridgehead atoms. The van der Waals surface area contributed by atoms with Crippen molar-refractivity contribution in [2.75, 3.05) is 33.4 Å². The first-order valence-corrected chi connectivity index (χ1v) is 8.02. The van der Waals surface area contributed by atoms with E-state index in [1.807, 2.05) is 4.68 Å². The largest absolute Gasteiger partial charge is 0.383 e. The summed E-state index contributed by atoms with van der Waals surface area (Å²) in [6.07, 6.45) is 2.09. The first kappa shape index (κ1) is 16.5. The van der Waals surface area contributed by atoms with Crippen molar-refractivity contribution >= 4 is 0 Å². The lowest BCUT2D eigenvalue weighted by molar-refractivity contribution is 0.0173. The zero-order valence-electron chi connectivity index (χ0n) is 14.1. The van der Waals surface area contributed by atoms with Gasteiger partial charge in [-0.25, -0.2) is 0 Å². The molecule has 1 aromatic heterocycles. The molecule has 1 aliphatic rings. The molecule has 0 amide bonds. The molecule has 0 aliphatic carbocycles. The van der Waals surface area contributed by atoms with Crippen LogP contribution in [0.25, 0.3) is 0 Å². The molecule has 1 aliphatic heterocycles. The van der Waals surface area contributed by atoms with Crippen molar-refractivity contribution in [2.45, 2.75) is 52.4 Å². The van der Waals surface area contributed by atoms with Gasteiger partial charge in [0.25, 0.3) is 0 Å². The van der Waals surface area contributed by atoms with Crippen LogP contribution >= 0.6 is 0 Å². The molecule has 2 rings (SSSR count). The molecule has 5 heteroatoms. The summed E-state index contributed by atoms with van der Waals surface area (Å²) in [4.78, 5) is 5.07. The predicted octanol–water partition coefficient (Wildman–Crippen LogP) is 2.00. The highest BCUT2D eigenvalue weighted by molar-refractivity contribution is 5.00. The quantitative estimate of drug-likeness (QED) is 0.803. The van der Waals surface area contributed by atoms with Crippen LogP contribution < -0.4 is 0 Å². The monoisotopic (exact) mass is 294 g/mol. The summed E-state index contributed by atoms with van der Waals surface area (Å²) in [5.74, 6) is 0. The number of ether oxygens (including phenoxy) is 1. The highest BCUT2D eigenvalue weighted by Crippen LogP contribution is 2.17. The summed E-state index contributed by atoms with van der Waals surface area (Å²) in [7, 11) is 1.77. The summed E-state index contributed by atoms with van der Waals surface area (Å²) in [5, 5.41) is 4.66. The molecule has 0 aromatic carbocycles. The molecule has 0 unspecified atom stereocenters. The highest BCUT2D eigenvalue weighted by atomic mass is 16.5. The molecule has 21 heavy (non-hydrogen) atoms. The Morgan fingerprint density at radius 2 is 1.95 bits per heavy atom. The number of aromatic nitrogens is 2. The van der Waals surface area contributed by atoms with E-state index in [1.165, 1.54) is 5.69 Å². The van der Waals surface area contributed by atoms with Crippen LogP contribution in [0.1, 0.15) is 39.4 Å². The average Bonchev–Trinajstić information content (AvgIpc) is 2.86. The van der Waals surface area contributed by atoms with Crippen molar-refractivity contribution in [1.29, 1.82) is 0 Å². The Morgan fingerprint density at radius 1 is 1.29 bits per heavy atom. The lowest BCUT2D eigenvalue weighted by Crippen LogP contribution is -2.56. The standard InChI is InChI=1S/C16H30N4O/c1-13(2)20-7-6-16(17-20)12-18-10-14(3)19(8-9-21-5)15(4)11-18/h6-7,13-15H,8-12H2,1-5H3/t14-,15-/m1/s1. The van der Waals surface area contributed by atoms with Gasteiger partial charge in [0.05, 0.1) is 12.3 Å². The van der Waals surface area contributed by atoms with Crippen molar-refractivity contribution in [3.8, 4) is 0 Å². The van der Waals surface area contributed by atoms with Crippen LogP contribution in [0.3, 0.4) is 0 Å². The normalized spacial score (nSPS) is 24.9. The van der Waals surface area contributed by atoms with Crippen molar-refractivity contribution < 1.29 is 4.74 Å². The van der Waals surface area contributed by atoms with E-state index >= 15 is 0 Å². The fourth-order valence-electron chi connectivity index (χ4n) is 3.21. The molecule has 0 N–H and O–H groups in total. The van der Waals surface area contributed by atoms with Crippen LogP contribution in [-0.4, -0.2) is 65.0 Å². The third kappa shape index (κ3) is 4.28. The fraction of sp³-hybridized carbons (Fsp3) is 0.812. The molecular weight excluding hydrogens is 264 g/mol. The lowest BCUT2D eigenvalue weighted by atomic mass is 10.1. The topological polar surface area (TPSA) is 33.5 Å². The summed E-state index contributed by atoms with van der Waals surface area (Å²) in [6.45, 7) is 13.9. The molecular formula is C16H30N4O. The van der Waals surface area contributed by atoms with Crippen molar-refractivity contribution in [2.24, 2.45) is 0 Å². The van der Waals surface area contributed by atoms with E-state index in [1.54, 1.807) is 7.11 Å². The van der Waals surface area contributed by atoms with E-state index < -0.39 is 0 Å². The number of nitrogens with zero attached hydrogens (tertiary/aromatic N) is 4. The molecule has 1 aromatic rings. The summed E-state index contributed by atoms with van der Waals surface area (Å²) < 4.78 is 7.26. The van der Waals surface area contributed by atoms with Gasteiger partial charge in [-0.2, -0.15) is 5.10 Å². The van der Waals surface area contributed by atoms with Crippen LogP contribution in [0.2, 0.25) is 0 Å². The van der Waals surface area contributed by atoms with Gasteiger partial charge < -0.3 is 4.74 Å². The number of hydrogen-bond acceptors (Lipinski definition) is 4. The first-order chi connectivity index (χ1) is 10.0. The van der Waals surface area contributed by atoms with E-state index in [4.69, 9.17) is 4.74 Å². The Kier molecular flexibility index (Phi) is 5.79. The van der Waals surface area contributed by atoms with E-state index in [0.717, 1.165) is 32.8 Å². The predicted molar refractivity (Wildman–Crippen MR) is 85.4 cm³/mol. The maximum Gasteiger partial charge on any atom is 0.0764 e. The molecule has 0 spiro atoms. The van der Waals surface area contributed by atoms with Crippen LogP contribution in [0.15, 0.2) is 12.3 Å². The highest BCUT2D eigenvalue weighted by Gasteiger charge is 2.29. The van der Waals surface area contributed by atoms with Gasteiger partial charge in [-0.3, -0.25) is 14.5 Å². The van der Waals surface area contributed by atoms with E-state index in [-0.39, 0.29) is 0 Å².